The van der Waals surface area contributed by atoms with Gasteiger partial charge >= 0.3 is 0 Å². The summed E-state index contributed by atoms with van der Waals surface area (Å²) in [5.74, 6) is -0.196. The van der Waals surface area contributed by atoms with Crippen LogP contribution >= 0.6 is 15.9 Å². The van der Waals surface area contributed by atoms with Gasteiger partial charge in [0.15, 0.2) is 0 Å². The Balaban J connectivity index is 2.42. The minimum absolute atomic E-state index is 0.196. The van der Waals surface area contributed by atoms with Crippen molar-refractivity contribution in [2.75, 3.05) is 0 Å². The van der Waals surface area contributed by atoms with Crippen LogP contribution in [0.3, 0.4) is 0 Å². The molecule has 1 unspecified atom stereocenters. The lowest BCUT2D eigenvalue weighted by atomic mass is 9.93. The highest BCUT2D eigenvalue weighted by molar-refractivity contribution is 9.10. The van der Waals surface area contributed by atoms with E-state index in [-0.39, 0.29) is 5.92 Å². The van der Waals surface area contributed by atoms with Crippen molar-refractivity contribution < 1.29 is 0 Å². The number of rotatable bonds is 2. The van der Waals surface area contributed by atoms with Crippen LogP contribution in [0.5, 0.6) is 0 Å². The zero-order chi connectivity index (χ0) is 11.4. The van der Waals surface area contributed by atoms with Crippen LogP contribution in [0.2, 0.25) is 0 Å². The summed E-state index contributed by atoms with van der Waals surface area (Å²) in [6, 6.07) is 20.0. The highest BCUT2D eigenvalue weighted by atomic mass is 79.9. The fourth-order valence-corrected chi connectivity index (χ4v) is 2.09. The van der Waals surface area contributed by atoms with Crippen molar-refractivity contribution in [2.45, 2.75) is 5.92 Å². The van der Waals surface area contributed by atoms with E-state index in [9.17, 15) is 5.26 Å². The average Bonchev–Trinajstić information content (AvgIpc) is 2.31. The third kappa shape index (κ3) is 2.32. The molecule has 0 bridgehead atoms. The van der Waals surface area contributed by atoms with Gasteiger partial charge in [-0.3, -0.25) is 0 Å². The first-order valence-corrected chi connectivity index (χ1v) is 5.80. The predicted octanol–water partition coefficient (Wildman–Crippen LogP) is 4.10. The summed E-state index contributed by atoms with van der Waals surface area (Å²) >= 11 is 3.42. The quantitative estimate of drug-likeness (QED) is 0.807. The maximum Gasteiger partial charge on any atom is 0.0963 e. The van der Waals surface area contributed by atoms with Gasteiger partial charge in [0, 0.05) is 4.47 Å². The number of halogens is 1. The minimum Gasteiger partial charge on any atom is -0.197 e. The van der Waals surface area contributed by atoms with Crippen molar-refractivity contribution in [3.8, 4) is 6.07 Å². The summed E-state index contributed by atoms with van der Waals surface area (Å²) in [7, 11) is 0. The Morgan fingerprint density at radius 1 is 0.938 bits per heavy atom. The zero-order valence-electron chi connectivity index (χ0n) is 8.60. The Bertz CT molecular complexity index is 514. The first-order chi connectivity index (χ1) is 7.81. The molecule has 0 aliphatic rings. The molecule has 0 amide bonds. The molecule has 2 heteroatoms. The van der Waals surface area contributed by atoms with Gasteiger partial charge in [-0.2, -0.15) is 5.26 Å². The van der Waals surface area contributed by atoms with Crippen molar-refractivity contribution in [3.05, 3.63) is 70.2 Å². The van der Waals surface area contributed by atoms with Gasteiger partial charge in [0.1, 0.15) is 0 Å². The molecule has 0 radical (unpaired) electrons. The molecule has 78 valence electrons. The molecule has 0 saturated carbocycles. The van der Waals surface area contributed by atoms with Gasteiger partial charge in [0.2, 0.25) is 0 Å². The fourth-order valence-electron chi connectivity index (χ4n) is 1.67. The van der Waals surface area contributed by atoms with Crippen LogP contribution in [0.4, 0.5) is 0 Å². The lowest BCUT2D eigenvalue weighted by Gasteiger charge is -2.09. The third-order valence-corrected chi connectivity index (χ3v) is 2.94. The maximum absolute atomic E-state index is 9.26. The summed E-state index contributed by atoms with van der Waals surface area (Å²) in [6.45, 7) is 0. The van der Waals surface area contributed by atoms with E-state index >= 15 is 0 Å². The Morgan fingerprint density at radius 3 is 2.25 bits per heavy atom. The standard InChI is InChI=1S/C14H10BrN/c15-13-8-4-7-12(9-13)14(10-16)11-5-2-1-3-6-11/h1-9,14H. The van der Waals surface area contributed by atoms with Gasteiger partial charge in [-0.15, -0.1) is 0 Å². The van der Waals surface area contributed by atoms with Crippen molar-refractivity contribution in [2.24, 2.45) is 0 Å². The summed E-state index contributed by atoms with van der Waals surface area (Å²) in [4.78, 5) is 0. The lowest BCUT2D eigenvalue weighted by Crippen LogP contribution is -1.97. The minimum atomic E-state index is -0.196. The van der Waals surface area contributed by atoms with Gasteiger partial charge in [-0.25, -0.2) is 0 Å². The molecule has 16 heavy (non-hydrogen) atoms. The second-order valence-corrected chi connectivity index (χ2v) is 4.44. The molecule has 2 aromatic rings. The normalized spacial score (nSPS) is 11.8. The topological polar surface area (TPSA) is 23.8 Å². The van der Waals surface area contributed by atoms with E-state index in [0.29, 0.717) is 0 Å². The predicted molar refractivity (Wildman–Crippen MR) is 68.0 cm³/mol. The number of nitrogens with zero attached hydrogens (tertiary/aromatic N) is 1. The molecule has 1 nitrogen and oxygen atoms in total. The van der Waals surface area contributed by atoms with Gasteiger partial charge in [-0.05, 0) is 23.3 Å². The Morgan fingerprint density at radius 2 is 1.62 bits per heavy atom. The number of hydrogen-bond donors (Lipinski definition) is 0. The van der Waals surface area contributed by atoms with E-state index < -0.39 is 0 Å². The van der Waals surface area contributed by atoms with E-state index in [1.54, 1.807) is 0 Å². The Kier molecular flexibility index (Phi) is 3.38. The molecule has 0 heterocycles. The summed E-state index contributed by atoms with van der Waals surface area (Å²) < 4.78 is 1.00. The molecule has 0 spiro atoms. The number of nitriles is 1. The van der Waals surface area contributed by atoms with E-state index in [4.69, 9.17) is 0 Å². The Hall–Kier alpha value is -1.59. The molecule has 2 aromatic carbocycles. The molecule has 1 atom stereocenters. The highest BCUT2D eigenvalue weighted by Crippen LogP contribution is 2.25. The summed E-state index contributed by atoms with van der Waals surface area (Å²) in [5, 5.41) is 9.26. The second-order valence-electron chi connectivity index (χ2n) is 3.53. The molecule has 0 aliphatic heterocycles. The van der Waals surface area contributed by atoms with E-state index in [0.717, 1.165) is 15.6 Å². The molecular weight excluding hydrogens is 262 g/mol. The van der Waals surface area contributed by atoms with Gasteiger partial charge in [0.25, 0.3) is 0 Å². The largest absolute Gasteiger partial charge is 0.197 e. The van der Waals surface area contributed by atoms with E-state index in [1.165, 1.54) is 0 Å². The van der Waals surface area contributed by atoms with Gasteiger partial charge in [0.05, 0.1) is 12.0 Å². The molecular formula is C14H10BrN. The van der Waals surface area contributed by atoms with Crippen molar-refractivity contribution in [1.29, 1.82) is 5.26 Å². The van der Waals surface area contributed by atoms with Crippen LogP contribution in [-0.4, -0.2) is 0 Å². The number of hydrogen-bond acceptors (Lipinski definition) is 1. The van der Waals surface area contributed by atoms with Crippen LogP contribution in [0.25, 0.3) is 0 Å². The van der Waals surface area contributed by atoms with Gasteiger partial charge in [-0.1, -0.05) is 58.4 Å². The van der Waals surface area contributed by atoms with Crippen molar-refractivity contribution in [1.82, 2.24) is 0 Å². The monoisotopic (exact) mass is 271 g/mol. The van der Waals surface area contributed by atoms with Crippen LogP contribution in [0.15, 0.2) is 59.1 Å². The molecule has 0 fully saturated rings. The SMILES string of the molecule is N#CC(c1ccccc1)c1cccc(Br)c1. The number of benzene rings is 2. The van der Waals surface area contributed by atoms with Crippen molar-refractivity contribution in [3.63, 3.8) is 0 Å². The molecule has 0 N–H and O–H groups in total. The first kappa shape index (κ1) is 10.9. The second kappa shape index (κ2) is 4.96. The molecule has 2 rings (SSSR count). The van der Waals surface area contributed by atoms with E-state index in [1.807, 2.05) is 54.6 Å². The van der Waals surface area contributed by atoms with Crippen LogP contribution in [0.1, 0.15) is 17.0 Å². The van der Waals surface area contributed by atoms with Gasteiger partial charge < -0.3 is 0 Å². The molecule has 0 aliphatic carbocycles. The first-order valence-electron chi connectivity index (χ1n) is 5.01. The average molecular weight is 272 g/mol. The smallest absolute Gasteiger partial charge is 0.0963 e. The zero-order valence-corrected chi connectivity index (χ0v) is 10.2. The van der Waals surface area contributed by atoms with Crippen molar-refractivity contribution >= 4 is 15.9 Å². The van der Waals surface area contributed by atoms with Crippen LogP contribution in [0, 0.1) is 11.3 Å². The summed E-state index contributed by atoms with van der Waals surface area (Å²) in [5.41, 5.74) is 2.05. The van der Waals surface area contributed by atoms with Crippen LogP contribution < -0.4 is 0 Å². The summed E-state index contributed by atoms with van der Waals surface area (Å²) in [6.07, 6.45) is 0. The maximum atomic E-state index is 9.26. The highest BCUT2D eigenvalue weighted by Gasteiger charge is 2.12. The third-order valence-electron chi connectivity index (χ3n) is 2.44. The Labute approximate surface area is 103 Å². The fraction of sp³-hybridized carbons (Fsp3) is 0.0714. The molecule has 0 aromatic heterocycles. The lowest BCUT2D eigenvalue weighted by molar-refractivity contribution is 1.04. The molecule has 0 saturated heterocycles. The van der Waals surface area contributed by atoms with Crippen LogP contribution in [-0.2, 0) is 0 Å². The van der Waals surface area contributed by atoms with E-state index in [2.05, 4.69) is 22.0 Å².